The first-order valence-corrected chi connectivity index (χ1v) is 7.60. The highest BCUT2D eigenvalue weighted by Crippen LogP contribution is 2.37. The maximum atomic E-state index is 10.7. The molecule has 1 aromatic rings. The number of aliphatic hydroxyl groups excluding tert-OH is 1. The van der Waals surface area contributed by atoms with Crippen molar-refractivity contribution < 1.29 is 10.0 Å². The van der Waals surface area contributed by atoms with Crippen LogP contribution < -0.4 is 5.32 Å². The highest BCUT2D eigenvalue weighted by molar-refractivity contribution is 9.10. The number of nitro groups is 1. The van der Waals surface area contributed by atoms with Crippen molar-refractivity contribution in [2.75, 3.05) is 13.2 Å². The molecule has 1 fully saturated rings. The lowest BCUT2D eigenvalue weighted by atomic mass is 9.87. The molecule has 0 aliphatic heterocycles. The first kappa shape index (κ1) is 15.4. The lowest BCUT2D eigenvalue weighted by Crippen LogP contribution is -2.34. The minimum Gasteiger partial charge on any atom is -0.396 e. The molecule has 1 aromatic carbocycles. The van der Waals surface area contributed by atoms with Gasteiger partial charge in [-0.2, -0.15) is 0 Å². The third-order valence-corrected chi connectivity index (χ3v) is 4.80. The van der Waals surface area contributed by atoms with Crippen molar-refractivity contribution in [1.29, 1.82) is 0 Å². The van der Waals surface area contributed by atoms with Gasteiger partial charge in [-0.15, -0.1) is 0 Å². The van der Waals surface area contributed by atoms with Crippen LogP contribution in [-0.4, -0.2) is 23.2 Å². The third-order valence-electron chi connectivity index (χ3n) is 4.06. The van der Waals surface area contributed by atoms with Crippen LogP contribution in [0, 0.1) is 15.5 Å². The van der Waals surface area contributed by atoms with Crippen LogP contribution in [0.15, 0.2) is 22.7 Å². The molecule has 1 saturated carbocycles. The maximum Gasteiger partial charge on any atom is 0.270 e. The van der Waals surface area contributed by atoms with Gasteiger partial charge < -0.3 is 10.4 Å². The fourth-order valence-electron chi connectivity index (χ4n) is 2.77. The molecular weight excluding hydrogens is 324 g/mol. The van der Waals surface area contributed by atoms with Crippen molar-refractivity contribution in [3.63, 3.8) is 0 Å². The van der Waals surface area contributed by atoms with Crippen LogP contribution in [0.4, 0.5) is 5.69 Å². The summed E-state index contributed by atoms with van der Waals surface area (Å²) < 4.78 is 0.740. The molecule has 0 radical (unpaired) electrons. The Morgan fingerprint density at radius 1 is 1.40 bits per heavy atom. The van der Waals surface area contributed by atoms with Crippen LogP contribution in [0.2, 0.25) is 0 Å². The van der Waals surface area contributed by atoms with Gasteiger partial charge in [-0.3, -0.25) is 10.1 Å². The third kappa shape index (κ3) is 3.56. The Bertz CT molecular complexity index is 487. The summed E-state index contributed by atoms with van der Waals surface area (Å²) in [6.45, 7) is 1.65. The van der Waals surface area contributed by atoms with E-state index in [1.54, 1.807) is 6.07 Å². The molecule has 110 valence electrons. The molecule has 5 nitrogen and oxygen atoms in total. The molecular formula is C14H19BrN2O3. The average Bonchev–Trinajstić information content (AvgIpc) is 2.90. The first-order valence-electron chi connectivity index (χ1n) is 6.81. The van der Waals surface area contributed by atoms with Crippen molar-refractivity contribution in [2.45, 2.75) is 32.2 Å². The summed E-state index contributed by atoms with van der Waals surface area (Å²) in [5, 5.41) is 23.6. The number of hydrogen-bond donors (Lipinski definition) is 2. The Morgan fingerprint density at radius 2 is 2.10 bits per heavy atom. The Hall–Kier alpha value is -0.980. The molecule has 0 atom stereocenters. The van der Waals surface area contributed by atoms with Gasteiger partial charge in [0.2, 0.25) is 0 Å². The number of rotatable bonds is 6. The van der Waals surface area contributed by atoms with E-state index in [1.165, 1.54) is 25.0 Å². The normalized spacial score (nSPS) is 17.3. The molecule has 2 rings (SSSR count). The highest BCUT2D eigenvalue weighted by atomic mass is 79.9. The van der Waals surface area contributed by atoms with Crippen molar-refractivity contribution in [1.82, 2.24) is 5.32 Å². The standard InChI is InChI=1S/C14H19BrN2O3/c15-13-7-12(17(19)20)4-3-11(13)8-16-9-14(10-18)5-1-2-6-14/h3-4,7,16,18H,1-2,5-6,8-10H2. The first-order chi connectivity index (χ1) is 9.56. The second kappa shape index (κ2) is 6.65. The van der Waals surface area contributed by atoms with Gasteiger partial charge in [-0.1, -0.05) is 28.8 Å². The lowest BCUT2D eigenvalue weighted by Gasteiger charge is -2.26. The molecule has 0 saturated heterocycles. The van der Waals surface area contributed by atoms with E-state index in [0.717, 1.165) is 29.4 Å². The van der Waals surface area contributed by atoms with Crippen molar-refractivity contribution >= 4 is 21.6 Å². The minimum atomic E-state index is -0.402. The predicted molar refractivity (Wildman–Crippen MR) is 80.5 cm³/mol. The molecule has 1 aliphatic carbocycles. The smallest absolute Gasteiger partial charge is 0.270 e. The monoisotopic (exact) mass is 342 g/mol. The number of non-ortho nitro benzene ring substituents is 1. The van der Waals surface area contributed by atoms with Crippen LogP contribution in [0.5, 0.6) is 0 Å². The van der Waals surface area contributed by atoms with E-state index >= 15 is 0 Å². The molecule has 0 bridgehead atoms. The van der Waals surface area contributed by atoms with Gasteiger partial charge in [-0.05, 0) is 24.5 Å². The fourth-order valence-corrected chi connectivity index (χ4v) is 3.28. The van der Waals surface area contributed by atoms with E-state index in [2.05, 4.69) is 21.2 Å². The number of halogens is 1. The van der Waals surface area contributed by atoms with Gasteiger partial charge >= 0.3 is 0 Å². The Labute approximate surface area is 126 Å². The number of nitro benzene ring substituents is 1. The second-order valence-corrected chi connectivity index (χ2v) is 6.36. The zero-order chi connectivity index (χ0) is 14.6. The Kier molecular flexibility index (Phi) is 5.12. The van der Waals surface area contributed by atoms with Crippen molar-refractivity contribution in [3.05, 3.63) is 38.3 Å². The average molecular weight is 343 g/mol. The van der Waals surface area contributed by atoms with E-state index in [-0.39, 0.29) is 17.7 Å². The number of nitrogens with zero attached hydrogens (tertiary/aromatic N) is 1. The van der Waals surface area contributed by atoms with Gasteiger partial charge in [0.25, 0.3) is 5.69 Å². The van der Waals surface area contributed by atoms with Crippen LogP contribution in [0.25, 0.3) is 0 Å². The summed E-state index contributed by atoms with van der Waals surface area (Å²) in [4.78, 5) is 10.3. The highest BCUT2D eigenvalue weighted by Gasteiger charge is 2.32. The van der Waals surface area contributed by atoms with Gasteiger partial charge in [0.1, 0.15) is 0 Å². The topological polar surface area (TPSA) is 75.4 Å². The van der Waals surface area contributed by atoms with E-state index in [1.807, 2.05) is 0 Å². The SMILES string of the molecule is O=[N+]([O-])c1ccc(CNCC2(CO)CCCC2)c(Br)c1. The molecule has 6 heteroatoms. The van der Waals surface area contributed by atoms with Crippen molar-refractivity contribution in [3.8, 4) is 0 Å². The molecule has 0 heterocycles. The molecule has 0 aromatic heterocycles. The minimum absolute atomic E-state index is 0.0211. The van der Waals surface area contributed by atoms with Crippen LogP contribution >= 0.6 is 15.9 Å². The fraction of sp³-hybridized carbons (Fsp3) is 0.571. The number of aliphatic hydroxyl groups is 1. The molecule has 2 N–H and O–H groups in total. The van der Waals surface area contributed by atoms with Crippen LogP contribution in [0.1, 0.15) is 31.2 Å². The van der Waals surface area contributed by atoms with Gasteiger partial charge in [0.15, 0.2) is 0 Å². The summed E-state index contributed by atoms with van der Waals surface area (Å²) in [5.74, 6) is 0. The quantitative estimate of drug-likeness (QED) is 0.615. The van der Waals surface area contributed by atoms with E-state index in [9.17, 15) is 15.2 Å². The van der Waals surface area contributed by atoms with Crippen LogP contribution in [0.3, 0.4) is 0 Å². The van der Waals surface area contributed by atoms with E-state index in [4.69, 9.17) is 0 Å². The predicted octanol–water partition coefficient (Wildman–Crippen LogP) is 3.00. The van der Waals surface area contributed by atoms with Gasteiger partial charge in [-0.25, -0.2) is 0 Å². The molecule has 0 amide bonds. The summed E-state index contributed by atoms with van der Waals surface area (Å²) >= 11 is 3.37. The number of hydrogen-bond acceptors (Lipinski definition) is 4. The Morgan fingerprint density at radius 3 is 2.65 bits per heavy atom. The number of nitrogens with one attached hydrogen (secondary N) is 1. The van der Waals surface area contributed by atoms with E-state index in [0.29, 0.717) is 6.54 Å². The largest absolute Gasteiger partial charge is 0.396 e. The van der Waals surface area contributed by atoms with Crippen molar-refractivity contribution in [2.24, 2.45) is 5.41 Å². The molecule has 0 unspecified atom stereocenters. The Balaban J connectivity index is 1.92. The molecule has 0 spiro atoms. The number of benzene rings is 1. The molecule has 1 aliphatic rings. The zero-order valence-corrected chi connectivity index (χ0v) is 12.9. The lowest BCUT2D eigenvalue weighted by molar-refractivity contribution is -0.384. The summed E-state index contributed by atoms with van der Waals surface area (Å²) in [5.41, 5.74) is 1.10. The zero-order valence-electron chi connectivity index (χ0n) is 11.3. The summed E-state index contributed by atoms with van der Waals surface area (Å²) in [6.07, 6.45) is 4.50. The van der Waals surface area contributed by atoms with Crippen LogP contribution in [-0.2, 0) is 6.54 Å². The maximum absolute atomic E-state index is 10.7. The summed E-state index contributed by atoms with van der Waals surface area (Å²) in [6, 6.07) is 4.79. The van der Waals surface area contributed by atoms with E-state index < -0.39 is 4.92 Å². The summed E-state index contributed by atoms with van der Waals surface area (Å²) in [7, 11) is 0. The second-order valence-electron chi connectivity index (χ2n) is 5.50. The molecule has 20 heavy (non-hydrogen) atoms. The van der Waals surface area contributed by atoms with Gasteiger partial charge in [0.05, 0.1) is 4.92 Å². The van der Waals surface area contributed by atoms with Gasteiger partial charge in [0, 0.05) is 41.7 Å².